The van der Waals surface area contributed by atoms with Gasteiger partial charge in [0.25, 0.3) is 0 Å². The van der Waals surface area contributed by atoms with Gasteiger partial charge >= 0.3 is 0 Å². The van der Waals surface area contributed by atoms with Gasteiger partial charge in [0.2, 0.25) is 5.91 Å². The average molecular weight is 353 g/mol. The Hall–Kier alpha value is -2.14. The molecule has 2 aliphatic rings. The standard InChI is InChI=1S/C21H27N3O2/c1-16-5-3-6-18(22-16)13-24-12-10-21(20(24)25)9-4-11-23(15-21)14-19-8-7-17(2)26-19/h3,5-8H,4,9-15H2,1-2H3/t21-/m1/s1. The monoisotopic (exact) mass is 353 g/mol. The van der Waals surface area contributed by atoms with Crippen molar-refractivity contribution < 1.29 is 9.21 Å². The number of furan rings is 1. The minimum Gasteiger partial charge on any atom is -0.465 e. The van der Waals surface area contributed by atoms with Crippen LogP contribution in [0.25, 0.3) is 0 Å². The first-order valence-electron chi connectivity index (χ1n) is 9.54. The normalized spacial score (nSPS) is 23.9. The number of carbonyl (C=O) groups excluding carboxylic acids is 1. The van der Waals surface area contributed by atoms with E-state index in [0.29, 0.717) is 12.5 Å². The summed E-state index contributed by atoms with van der Waals surface area (Å²) in [4.78, 5) is 22.2. The second-order valence-electron chi connectivity index (χ2n) is 7.85. The third kappa shape index (κ3) is 3.40. The first kappa shape index (κ1) is 17.3. The minimum absolute atomic E-state index is 0.219. The number of aryl methyl sites for hydroxylation is 2. The first-order valence-corrected chi connectivity index (χ1v) is 9.54. The highest BCUT2D eigenvalue weighted by Crippen LogP contribution is 2.41. The van der Waals surface area contributed by atoms with E-state index < -0.39 is 0 Å². The molecule has 0 unspecified atom stereocenters. The van der Waals surface area contributed by atoms with Crippen LogP contribution in [-0.2, 0) is 17.9 Å². The van der Waals surface area contributed by atoms with Crippen LogP contribution >= 0.6 is 0 Å². The summed E-state index contributed by atoms with van der Waals surface area (Å²) in [7, 11) is 0. The number of aromatic nitrogens is 1. The Kier molecular flexibility index (Phi) is 4.57. The minimum atomic E-state index is -0.219. The number of piperidine rings is 1. The molecule has 1 spiro atoms. The van der Waals surface area contributed by atoms with Crippen molar-refractivity contribution in [2.75, 3.05) is 19.6 Å². The van der Waals surface area contributed by atoms with Gasteiger partial charge in [-0.25, -0.2) is 0 Å². The highest BCUT2D eigenvalue weighted by Gasteiger charge is 2.48. The van der Waals surface area contributed by atoms with E-state index in [1.807, 2.05) is 49.1 Å². The van der Waals surface area contributed by atoms with Gasteiger partial charge in [0.05, 0.1) is 24.2 Å². The molecule has 0 saturated carbocycles. The van der Waals surface area contributed by atoms with Gasteiger partial charge in [0.1, 0.15) is 11.5 Å². The summed E-state index contributed by atoms with van der Waals surface area (Å²) in [5.74, 6) is 2.24. The number of amides is 1. The van der Waals surface area contributed by atoms with Crippen LogP contribution in [0.3, 0.4) is 0 Å². The lowest BCUT2D eigenvalue weighted by Gasteiger charge is -2.38. The van der Waals surface area contributed by atoms with Gasteiger partial charge in [-0.05, 0) is 63.9 Å². The lowest BCUT2D eigenvalue weighted by molar-refractivity contribution is -0.139. The van der Waals surface area contributed by atoms with Crippen LogP contribution in [0.5, 0.6) is 0 Å². The lowest BCUT2D eigenvalue weighted by atomic mass is 9.78. The zero-order chi connectivity index (χ0) is 18.1. The van der Waals surface area contributed by atoms with Crippen molar-refractivity contribution in [3.8, 4) is 0 Å². The number of likely N-dealkylation sites (tertiary alicyclic amines) is 2. The Labute approximate surface area is 155 Å². The molecule has 2 saturated heterocycles. The average Bonchev–Trinajstić information content (AvgIpc) is 3.14. The molecule has 0 aromatic carbocycles. The van der Waals surface area contributed by atoms with E-state index >= 15 is 0 Å². The molecule has 2 fully saturated rings. The largest absolute Gasteiger partial charge is 0.465 e. The number of rotatable bonds is 4. The molecule has 5 nitrogen and oxygen atoms in total. The maximum atomic E-state index is 13.2. The highest BCUT2D eigenvalue weighted by atomic mass is 16.3. The fourth-order valence-electron chi connectivity index (χ4n) is 4.46. The first-order chi connectivity index (χ1) is 12.5. The van der Waals surface area contributed by atoms with Gasteiger partial charge in [-0.2, -0.15) is 0 Å². The van der Waals surface area contributed by atoms with E-state index in [1.165, 1.54) is 0 Å². The number of nitrogens with zero attached hydrogens (tertiary/aromatic N) is 3. The zero-order valence-electron chi connectivity index (χ0n) is 15.7. The summed E-state index contributed by atoms with van der Waals surface area (Å²) in [5.41, 5.74) is 1.76. The Morgan fingerprint density at radius 1 is 1.12 bits per heavy atom. The summed E-state index contributed by atoms with van der Waals surface area (Å²) in [6.07, 6.45) is 3.02. The third-order valence-corrected chi connectivity index (χ3v) is 5.73. The van der Waals surface area contributed by atoms with E-state index in [-0.39, 0.29) is 5.41 Å². The summed E-state index contributed by atoms with van der Waals surface area (Å²) in [6.45, 7) is 8.09. The molecule has 4 rings (SSSR count). The van der Waals surface area contributed by atoms with Crippen molar-refractivity contribution in [3.63, 3.8) is 0 Å². The predicted octanol–water partition coefficient (Wildman–Crippen LogP) is 3.31. The number of carbonyl (C=O) groups is 1. The van der Waals surface area contributed by atoms with Gasteiger partial charge in [-0.15, -0.1) is 0 Å². The second kappa shape index (κ2) is 6.88. The fraction of sp³-hybridized carbons (Fsp3) is 0.524. The molecule has 4 heterocycles. The van der Waals surface area contributed by atoms with E-state index in [9.17, 15) is 4.79 Å². The van der Waals surface area contributed by atoms with Crippen molar-refractivity contribution >= 4 is 5.91 Å². The number of pyridine rings is 1. The maximum Gasteiger partial charge on any atom is 0.230 e. The maximum absolute atomic E-state index is 13.2. The Morgan fingerprint density at radius 2 is 2.00 bits per heavy atom. The van der Waals surface area contributed by atoms with Gasteiger partial charge in [0, 0.05) is 18.8 Å². The SMILES string of the molecule is Cc1cccc(CN2CC[C@@]3(CCCN(Cc4ccc(C)o4)C3)C2=O)n1. The second-order valence-corrected chi connectivity index (χ2v) is 7.85. The summed E-state index contributed by atoms with van der Waals surface area (Å²) >= 11 is 0. The molecule has 138 valence electrons. The zero-order valence-corrected chi connectivity index (χ0v) is 15.7. The Morgan fingerprint density at radius 3 is 2.77 bits per heavy atom. The molecule has 0 bridgehead atoms. The molecule has 0 radical (unpaired) electrons. The Balaban J connectivity index is 1.43. The van der Waals surface area contributed by atoms with Crippen molar-refractivity contribution in [2.24, 2.45) is 5.41 Å². The van der Waals surface area contributed by atoms with Crippen LogP contribution in [0, 0.1) is 19.3 Å². The van der Waals surface area contributed by atoms with E-state index in [1.54, 1.807) is 0 Å². The molecule has 26 heavy (non-hydrogen) atoms. The molecule has 1 atom stereocenters. The van der Waals surface area contributed by atoms with Crippen LogP contribution in [0.15, 0.2) is 34.7 Å². The Bertz CT molecular complexity index is 800. The smallest absolute Gasteiger partial charge is 0.230 e. The van der Waals surface area contributed by atoms with Gasteiger partial charge in [0.15, 0.2) is 0 Å². The molecule has 5 heteroatoms. The van der Waals surface area contributed by atoms with Crippen LogP contribution in [0.4, 0.5) is 0 Å². The predicted molar refractivity (Wildman–Crippen MR) is 99.4 cm³/mol. The number of hydrogen-bond acceptors (Lipinski definition) is 4. The van der Waals surface area contributed by atoms with E-state index in [2.05, 4.69) is 9.88 Å². The van der Waals surface area contributed by atoms with E-state index in [0.717, 1.165) is 68.3 Å². The van der Waals surface area contributed by atoms with Crippen molar-refractivity contribution in [2.45, 2.75) is 46.2 Å². The number of hydrogen-bond donors (Lipinski definition) is 0. The molecule has 1 amide bonds. The fourth-order valence-corrected chi connectivity index (χ4v) is 4.46. The van der Waals surface area contributed by atoms with Crippen LogP contribution in [0.2, 0.25) is 0 Å². The third-order valence-electron chi connectivity index (χ3n) is 5.73. The van der Waals surface area contributed by atoms with Crippen molar-refractivity contribution in [1.82, 2.24) is 14.8 Å². The molecule has 2 aliphatic heterocycles. The molecule has 2 aromatic rings. The van der Waals surface area contributed by atoms with Gasteiger partial charge in [-0.1, -0.05) is 6.07 Å². The summed E-state index contributed by atoms with van der Waals surface area (Å²) < 4.78 is 5.73. The molecular weight excluding hydrogens is 326 g/mol. The van der Waals surface area contributed by atoms with Gasteiger partial charge < -0.3 is 9.32 Å². The topological polar surface area (TPSA) is 49.6 Å². The molecule has 0 aliphatic carbocycles. The van der Waals surface area contributed by atoms with Crippen LogP contribution in [-0.4, -0.2) is 40.3 Å². The van der Waals surface area contributed by atoms with E-state index in [4.69, 9.17) is 4.42 Å². The summed E-state index contributed by atoms with van der Waals surface area (Å²) in [6, 6.07) is 10.1. The highest BCUT2D eigenvalue weighted by molar-refractivity contribution is 5.85. The molecule has 2 aromatic heterocycles. The van der Waals surface area contributed by atoms with Gasteiger partial charge in [-0.3, -0.25) is 14.7 Å². The molecule has 0 N–H and O–H groups in total. The van der Waals surface area contributed by atoms with Crippen LogP contribution in [0.1, 0.15) is 42.2 Å². The molecular formula is C21H27N3O2. The van der Waals surface area contributed by atoms with Crippen molar-refractivity contribution in [3.05, 3.63) is 53.2 Å². The lowest BCUT2D eigenvalue weighted by Crippen LogP contribution is -2.47. The quantitative estimate of drug-likeness (QED) is 0.846. The van der Waals surface area contributed by atoms with Crippen LogP contribution < -0.4 is 0 Å². The van der Waals surface area contributed by atoms with Crippen molar-refractivity contribution in [1.29, 1.82) is 0 Å². The summed E-state index contributed by atoms with van der Waals surface area (Å²) in [5, 5.41) is 0.